The minimum atomic E-state index is -0.925. The Morgan fingerprint density at radius 1 is 1.32 bits per heavy atom. The molecule has 0 saturated carbocycles. The van der Waals surface area contributed by atoms with Crippen LogP contribution in [0.5, 0.6) is 0 Å². The number of nitriles is 1. The highest BCUT2D eigenvalue weighted by Crippen LogP contribution is 2.20. The summed E-state index contributed by atoms with van der Waals surface area (Å²) in [7, 11) is 0. The van der Waals surface area contributed by atoms with E-state index in [9.17, 15) is 14.9 Å². The van der Waals surface area contributed by atoms with E-state index in [1.54, 1.807) is 23.6 Å². The Kier molecular flexibility index (Phi) is 7.25. The fourth-order valence-corrected chi connectivity index (χ4v) is 3.42. The third kappa shape index (κ3) is 5.14. The molecule has 0 fully saturated rings. The van der Waals surface area contributed by atoms with Gasteiger partial charge in [0.25, 0.3) is 5.56 Å². The van der Waals surface area contributed by atoms with Gasteiger partial charge in [0.15, 0.2) is 5.16 Å². The van der Waals surface area contributed by atoms with E-state index in [0.29, 0.717) is 28.5 Å². The summed E-state index contributed by atoms with van der Waals surface area (Å²) in [5, 5.41) is 13.3. The minimum absolute atomic E-state index is 0.0190. The summed E-state index contributed by atoms with van der Waals surface area (Å²) in [6.07, 6.45) is 0.847. The van der Waals surface area contributed by atoms with Crippen molar-refractivity contribution in [2.24, 2.45) is 11.8 Å². The van der Waals surface area contributed by atoms with Crippen LogP contribution < -0.4 is 10.9 Å². The van der Waals surface area contributed by atoms with E-state index in [1.165, 1.54) is 11.8 Å². The lowest BCUT2D eigenvalue weighted by Gasteiger charge is -2.27. The molecule has 2 aromatic rings. The van der Waals surface area contributed by atoms with Gasteiger partial charge in [0.1, 0.15) is 5.54 Å². The highest BCUT2D eigenvalue weighted by atomic mass is 32.2. The Morgan fingerprint density at radius 3 is 2.61 bits per heavy atom. The van der Waals surface area contributed by atoms with Crippen molar-refractivity contribution in [3.05, 3.63) is 34.6 Å². The first-order chi connectivity index (χ1) is 13.2. The summed E-state index contributed by atoms with van der Waals surface area (Å²) >= 11 is 1.23. The first kappa shape index (κ1) is 22.0. The molecular weight excluding hydrogens is 372 g/mol. The number of carbonyl (C=O) groups excluding carboxylic acids is 1. The predicted molar refractivity (Wildman–Crippen MR) is 113 cm³/mol. The van der Waals surface area contributed by atoms with E-state index >= 15 is 0 Å². The second-order valence-corrected chi connectivity index (χ2v) is 8.80. The van der Waals surface area contributed by atoms with Crippen LogP contribution in [0.25, 0.3) is 10.9 Å². The largest absolute Gasteiger partial charge is 0.337 e. The van der Waals surface area contributed by atoms with Crippen LogP contribution in [0.2, 0.25) is 0 Å². The minimum Gasteiger partial charge on any atom is -0.337 e. The van der Waals surface area contributed by atoms with Crippen molar-refractivity contribution in [1.82, 2.24) is 14.9 Å². The topological polar surface area (TPSA) is 87.8 Å². The number of hydrogen-bond donors (Lipinski definition) is 1. The highest BCUT2D eigenvalue weighted by Gasteiger charge is 2.30. The van der Waals surface area contributed by atoms with E-state index in [0.717, 1.165) is 6.42 Å². The molecular formula is C21H28N4O2S. The van der Waals surface area contributed by atoms with Gasteiger partial charge in [-0.25, -0.2) is 4.98 Å². The van der Waals surface area contributed by atoms with E-state index < -0.39 is 5.54 Å². The van der Waals surface area contributed by atoms with Gasteiger partial charge >= 0.3 is 0 Å². The van der Waals surface area contributed by atoms with Crippen molar-refractivity contribution in [3.63, 3.8) is 0 Å². The predicted octanol–water partition coefficient (Wildman–Crippen LogP) is 3.59. The Balaban J connectivity index is 2.27. The number of rotatable bonds is 8. The highest BCUT2D eigenvalue weighted by molar-refractivity contribution is 7.99. The summed E-state index contributed by atoms with van der Waals surface area (Å²) in [6, 6.07) is 9.42. The number of benzene rings is 1. The second-order valence-electron chi connectivity index (χ2n) is 7.86. The second kappa shape index (κ2) is 9.24. The fraction of sp³-hybridized carbons (Fsp3) is 0.524. The van der Waals surface area contributed by atoms with Gasteiger partial charge < -0.3 is 5.32 Å². The molecule has 1 atom stereocenters. The number of carbonyl (C=O) groups is 1. The van der Waals surface area contributed by atoms with Crippen LogP contribution in [-0.2, 0) is 11.3 Å². The first-order valence-electron chi connectivity index (χ1n) is 9.52. The molecule has 7 heteroatoms. The van der Waals surface area contributed by atoms with Crippen LogP contribution in [0, 0.1) is 23.2 Å². The van der Waals surface area contributed by atoms with Gasteiger partial charge in [-0.3, -0.25) is 14.2 Å². The molecule has 1 aromatic heterocycles. The zero-order chi connectivity index (χ0) is 20.9. The van der Waals surface area contributed by atoms with Gasteiger partial charge in [-0.15, -0.1) is 0 Å². The SMILES string of the molecule is CC(C)CCn1c(SCC(=O)N[C@@](C)(C#N)C(C)C)nc2ccccc2c1=O. The maximum absolute atomic E-state index is 12.9. The van der Waals surface area contributed by atoms with Crippen molar-refractivity contribution >= 4 is 28.6 Å². The third-order valence-electron chi connectivity index (χ3n) is 4.88. The average Bonchev–Trinajstić information content (AvgIpc) is 2.65. The lowest BCUT2D eigenvalue weighted by molar-refractivity contribution is -0.120. The number of nitrogens with zero attached hydrogens (tertiary/aromatic N) is 3. The Bertz CT molecular complexity index is 946. The maximum atomic E-state index is 12.9. The molecule has 2 rings (SSSR count). The Labute approximate surface area is 170 Å². The summed E-state index contributed by atoms with van der Waals surface area (Å²) in [5.74, 6) is 0.271. The number of para-hydroxylation sites is 1. The van der Waals surface area contributed by atoms with Crippen LogP contribution in [0.15, 0.2) is 34.2 Å². The normalized spacial score (nSPS) is 13.5. The first-order valence-corrected chi connectivity index (χ1v) is 10.5. The van der Waals surface area contributed by atoms with Gasteiger partial charge in [0.2, 0.25) is 5.91 Å². The zero-order valence-electron chi connectivity index (χ0n) is 17.2. The molecule has 0 unspecified atom stereocenters. The Hall–Kier alpha value is -2.33. The van der Waals surface area contributed by atoms with Crippen LogP contribution >= 0.6 is 11.8 Å². The van der Waals surface area contributed by atoms with Crippen molar-refractivity contribution in [1.29, 1.82) is 5.26 Å². The molecule has 0 aliphatic carbocycles. The number of fused-ring (bicyclic) bond motifs is 1. The van der Waals surface area contributed by atoms with E-state index in [-0.39, 0.29) is 23.1 Å². The van der Waals surface area contributed by atoms with Gasteiger partial charge in [-0.2, -0.15) is 5.26 Å². The number of nitrogens with one attached hydrogen (secondary N) is 1. The molecule has 1 N–H and O–H groups in total. The maximum Gasteiger partial charge on any atom is 0.262 e. The third-order valence-corrected chi connectivity index (χ3v) is 5.85. The fourth-order valence-electron chi connectivity index (χ4n) is 2.60. The Morgan fingerprint density at radius 2 is 2.00 bits per heavy atom. The number of thioether (sulfide) groups is 1. The molecule has 0 bridgehead atoms. The van der Waals surface area contributed by atoms with Crippen molar-refractivity contribution in [3.8, 4) is 6.07 Å². The summed E-state index contributed by atoms with van der Waals surface area (Å²) < 4.78 is 1.66. The zero-order valence-corrected chi connectivity index (χ0v) is 18.0. The monoisotopic (exact) mass is 400 g/mol. The molecule has 1 amide bonds. The molecule has 0 radical (unpaired) electrons. The molecule has 1 aromatic carbocycles. The van der Waals surface area contributed by atoms with E-state index in [2.05, 4.69) is 30.2 Å². The smallest absolute Gasteiger partial charge is 0.262 e. The van der Waals surface area contributed by atoms with Crippen molar-refractivity contribution < 1.29 is 4.79 Å². The molecule has 1 heterocycles. The standard InChI is InChI=1S/C21H28N4O2S/c1-14(2)10-11-25-19(27)16-8-6-7-9-17(16)23-20(25)28-12-18(26)24-21(5,13-22)15(3)4/h6-9,14-15H,10-12H2,1-5H3,(H,24,26)/t21-/m0/s1. The van der Waals surface area contributed by atoms with Gasteiger partial charge in [-0.1, -0.05) is 51.6 Å². The van der Waals surface area contributed by atoms with Crippen LogP contribution in [0.3, 0.4) is 0 Å². The molecule has 28 heavy (non-hydrogen) atoms. The summed E-state index contributed by atoms with van der Waals surface area (Å²) in [6.45, 7) is 10.3. The molecule has 0 saturated heterocycles. The summed E-state index contributed by atoms with van der Waals surface area (Å²) in [4.78, 5) is 30.0. The van der Waals surface area contributed by atoms with Crippen molar-refractivity contribution in [2.45, 2.75) is 58.3 Å². The van der Waals surface area contributed by atoms with Crippen LogP contribution in [-0.4, -0.2) is 26.8 Å². The number of aromatic nitrogens is 2. The van der Waals surface area contributed by atoms with Crippen LogP contribution in [0.4, 0.5) is 0 Å². The van der Waals surface area contributed by atoms with Gasteiger partial charge in [0.05, 0.1) is 22.7 Å². The quantitative estimate of drug-likeness (QED) is 0.540. The van der Waals surface area contributed by atoms with Gasteiger partial charge in [0, 0.05) is 6.54 Å². The number of hydrogen-bond acceptors (Lipinski definition) is 5. The van der Waals surface area contributed by atoms with Gasteiger partial charge in [-0.05, 0) is 37.3 Å². The lowest BCUT2D eigenvalue weighted by Crippen LogP contribution is -2.49. The van der Waals surface area contributed by atoms with Crippen LogP contribution in [0.1, 0.15) is 41.0 Å². The molecule has 150 valence electrons. The molecule has 0 aliphatic heterocycles. The van der Waals surface area contributed by atoms with E-state index in [1.807, 2.05) is 26.0 Å². The molecule has 0 aliphatic rings. The molecule has 6 nitrogen and oxygen atoms in total. The summed E-state index contributed by atoms with van der Waals surface area (Å²) in [5.41, 5.74) is -0.385. The molecule has 0 spiro atoms. The number of amides is 1. The van der Waals surface area contributed by atoms with Crippen molar-refractivity contribution in [2.75, 3.05) is 5.75 Å². The average molecular weight is 401 g/mol. The lowest BCUT2D eigenvalue weighted by atomic mass is 9.90. The van der Waals surface area contributed by atoms with E-state index in [4.69, 9.17) is 0 Å².